The first-order valence-electron chi connectivity index (χ1n) is 11.1. The van der Waals surface area contributed by atoms with E-state index >= 15 is 0 Å². The van der Waals surface area contributed by atoms with Crippen molar-refractivity contribution >= 4 is 11.7 Å². The molecule has 1 N–H and O–H groups in total. The Bertz CT molecular complexity index is 931. The maximum atomic E-state index is 12.6. The molecule has 0 saturated carbocycles. The third-order valence-corrected chi connectivity index (χ3v) is 5.55. The summed E-state index contributed by atoms with van der Waals surface area (Å²) in [6.07, 6.45) is -7.38. The normalized spacial score (nSPS) is 15.4. The van der Waals surface area contributed by atoms with Crippen LogP contribution in [0.1, 0.15) is 30.4 Å². The zero-order chi connectivity index (χ0) is 26.3. The number of hydrazine groups is 1. The molecule has 6 nitrogen and oxygen atoms in total. The Labute approximate surface area is 203 Å². The number of piperidine rings is 1. The second kappa shape index (κ2) is 11.6. The van der Waals surface area contributed by atoms with E-state index in [4.69, 9.17) is 9.47 Å². The summed E-state index contributed by atoms with van der Waals surface area (Å²) < 4.78 is 86.0. The van der Waals surface area contributed by atoms with Gasteiger partial charge < -0.3 is 9.47 Å². The molecule has 1 aliphatic heterocycles. The lowest BCUT2D eigenvalue weighted by atomic mass is 9.92. The number of ketones is 1. The van der Waals surface area contributed by atoms with Crippen molar-refractivity contribution < 1.29 is 45.4 Å². The standard InChI is InChI=1S/C24H24F6N2O4/c25-23(26,27)17-1-5-20(6-2-17)35-14-19(33)13-16-9-11-32(12-10-16)31-22(34)15-36-21-7-3-18(4-8-21)24(28,29)30/h1-8,16H,9-15H2,(H,31,34). The number of rotatable bonds is 9. The Morgan fingerprint density at radius 2 is 1.22 bits per heavy atom. The number of halogens is 6. The molecule has 0 atom stereocenters. The highest BCUT2D eigenvalue weighted by atomic mass is 19.4. The Balaban J connectivity index is 1.32. The van der Waals surface area contributed by atoms with E-state index in [0.29, 0.717) is 25.9 Å². The number of carbonyl (C=O) groups excluding carboxylic acids is 2. The van der Waals surface area contributed by atoms with Gasteiger partial charge in [-0.1, -0.05) is 0 Å². The molecule has 12 heteroatoms. The molecular formula is C24H24F6N2O4. The summed E-state index contributed by atoms with van der Waals surface area (Å²) in [5.74, 6) is -0.261. The third kappa shape index (κ3) is 8.43. The van der Waals surface area contributed by atoms with E-state index in [1.165, 1.54) is 12.1 Å². The zero-order valence-electron chi connectivity index (χ0n) is 19.0. The van der Waals surface area contributed by atoms with E-state index in [2.05, 4.69) is 5.43 Å². The van der Waals surface area contributed by atoms with Gasteiger partial charge >= 0.3 is 12.4 Å². The van der Waals surface area contributed by atoms with E-state index in [0.717, 1.165) is 36.4 Å². The minimum absolute atomic E-state index is 0.0743. The molecule has 1 amide bonds. The Kier molecular flexibility index (Phi) is 8.83. The Hall–Kier alpha value is -3.28. The summed E-state index contributed by atoms with van der Waals surface area (Å²) in [7, 11) is 0. The summed E-state index contributed by atoms with van der Waals surface area (Å²) in [5, 5.41) is 1.68. The van der Waals surface area contributed by atoms with Crippen molar-refractivity contribution in [1.82, 2.24) is 10.4 Å². The maximum Gasteiger partial charge on any atom is 0.416 e. The van der Waals surface area contributed by atoms with Gasteiger partial charge in [0.1, 0.15) is 18.1 Å². The molecule has 3 rings (SSSR count). The van der Waals surface area contributed by atoms with Gasteiger partial charge in [0.05, 0.1) is 11.1 Å². The van der Waals surface area contributed by atoms with Crippen LogP contribution in [0.2, 0.25) is 0 Å². The Morgan fingerprint density at radius 1 is 0.778 bits per heavy atom. The summed E-state index contributed by atoms with van der Waals surface area (Å²) >= 11 is 0. The highest BCUT2D eigenvalue weighted by Gasteiger charge is 2.31. The quantitative estimate of drug-likeness (QED) is 0.480. The monoisotopic (exact) mass is 518 g/mol. The highest BCUT2D eigenvalue weighted by molar-refractivity contribution is 5.80. The third-order valence-electron chi connectivity index (χ3n) is 5.55. The molecule has 0 radical (unpaired) electrons. The summed E-state index contributed by atoms with van der Waals surface area (Å²) in [4.78, 5) is 24.3. The number of nitrogens with zero attached hydrogens (tertiary/aromatic N) is 1. The first kappa shape index (κ1) is 27.3. The van der Waals surface area contributed by atoms with Crippen LogP contribution in [-0.2, 0) is 21.9 Å². The van der Waals surface area contributed by atoms with E-state index in [1.54, 1.807) is 5.01 Å². The number of benzene rings is 2. The number of amides is 1. The molecule has 0 bridgehead atoms. The van der Waals surface area contributed by atoms with Gasteiger partial charge in [0, 0.05) is 19.5 Å². The predicted molar refractivity (Wildman–Crippen MR) is 116 cm³/mol. The first-order valence-corrected chi connectivity index (χ1v) is 11.1. The van der Waals surface area contributed by atoms with Gasteiger partial charge in [-0.2, -0.15) is 26.3 Å². The van der Waals surface area contributed by atoms with Gasteiger partial charge in [-0.25, -0.2) is 5.01 Å². The lowest BCUT2D eigenvalue weighted by Crippen LogP contribution is -2.48. The minimum Gasteiger partial charge on any atom is -0.486 e. The highest BCUT2D eigenvalue weighted by Crippen LogP contribution is 2.31. The van der Waals surface area contributed by atoms with E-state index in [9.17, 15) is 35.9 Å². The number of alkyl halides is 6. The number of nitrogens with one attached hydrogen (secondary N) is 1. The fraction of sp³-hybridized carbons (Fsp3) is 0.417. The maximum absolute atomic E-state index is 12.6. The minimum atomic E-state index is -4.45. The van der Waals surface area contributed by atoms with Crippen LogP contribution in [0.4, 0.5) is 26.3 Å². The Morgan fingerprint density at radius 3 is 1.67 bits per heavy atom. The zero-order valence-corrected chi connectivity index (χ0v) is 19.0. The number of carbonyl (C=O) groups is 2. The molecular weight excluding hydrogens is 494 g/mol. The molecule has 1 fully saturated rings. The summed E-state index contributed by atoms with van der Waals surface area (Å²) in [6, 6.07) is 8.12. The van der Waals surface area contributed by atoms with E-state index in [1.807, 2.05) is 0 Å². The largest absolute Gasteiger partial charge is 0.486 e. The molecule has 2 aromatic rings. The van der Waals surface area contributed by atoms with Crippen molar-refractivity contribution in [3.63, 3.8) is 0 Å². The van der Waals surface area contributed by atoms with Crippen molar-refractivity contribution in [2.24, 2.45) is 5.92 Å². The van der Waals surface area contributed by atoms with Crippen molar-refractivity contribution in [3.05, 3.63) is 59.7 Å². The van der Waals surface area contributed by atoms with Crippen molar-refractivity contribution in [1.29, 1.82) is 0 Å². The van der Waals surface area contributed by atoms with Crippen LogP contribution in [0.5, 0.6) is 11.5 Å². The summed E-state index contributed by atoms with van der Waals surface area (Å²) in [6.45, 7) is 0.363. The van der Waals surface area contributed by atoms with Crippen LogP contribution < -0.4 is 14.9 Å². The molecule has 0 aromatic heterocycles. The second-order valence-corrected chi connectivity index (χ2v) is 8.33. The first-order chi connectivity index (χ1) is 16.9. The number of hydrogen-bond donors (Lipinski definition) is 1. The second-order valence-electron chi connectivity index (χ2n) is 8.33. The molecule has 0 unspecified atom stereocenters. The SMILES string of the molecule is O=C(COc1ccc(C(F)(F)F)cc1)CC1CCN(NC(=O)COc2ccc(C(F)(F)F)cc2)CC1. The van der Waals surface area contributed by atoms with Gasteiger partial charge in [0.15, 0.2) is 12.4 Å². The van der Waals surface area contributed by atoms with Crippen LogP contribution in [0, 0.1) is 5.92 Å². The number of ether oxygens (including phenoxy) is 2. The average molecular weight is 518 g/mol. The van der Waals surface area contributed by atoms with E-state index < -0.39 is 29.4 Å². The molecule has 2 aromatic carbocycles. The average Bonchev–Trinajstić information content (AvgIpc) is 2.82. The lowest BCUT2D eigenvalue weighted by molar-refractivity contribution is -0.138. The predicted octanol–water partition coefficient (Wildman–Crippen LogP) is 4.88. The molecule has 36 heavy (non-hydrogen) atoms. The van der Waals surface area contributed by atoms with Crippen LogP contribution in [0.3, 0.4) is 0 Å². The molecule has 196 valence electrons. The smallest absolute Gasteiger partial charge is 0.416 e. The van der Waals surface area contributed by atoms with Crippen molar-refractivity contribution in [3.8, 4) is 11.5 Å². The van der Waals surface area contributed by atoms with Gasteiger partial charge in [-0.15, -0.1) is 0 Å². The van der Waals surface area contributed by atoms with Gasteiger partial charge in [0.25, 0.3) is 5.91 Å². The van der Waals surface area contributed by atoms with E-state index in [-0.39, 0.29) is 42.8 Å². The van der Waals surface area contributed by atoms with Crippen LogP contribution >= 0.6 is 0 Å². The topological polar surface area (TPSA) is 67.9 Å². The number of Topliss-reactive ketones (excluding diaryl/α,β-unsaturated/α-hetero) is 1. The summed E-state index contributed by atoms with van der Waals surface area (Å²) in [5.41, 5.74) is 1.05. The van der Waals surface area contributed by atoms with Crippen molar-refractivity contribution in [2.45, 2.75) is 31.6 Å². The molecule has 1 aliphatic rings. The molecule has 1 saturated heterocycles. The van der Waals surface area contributed by atoms with Crippen LogP contribution in [0.15, 0.2) is 48.5 Å². The van der Waals surface area contributed by atoms with Crippen LogP contribution in [-0.4, -0.2) is 43.0 Å². The van der Waals surface area contributed by atoms with Crippen molar-refractivity contribution in [2.75, 3.05) is 26.3 Å². The van der Waals surface area contributed by atoms with Gasteiger partial charge in [-0.05, 0) is 67.3 Å². The number of hydrogen-bond acceptors (Lipinski definition) is 5. The molecule has 0 aliphatic carbocycles. The van der Waals surface area contributed by atoms with Crippen LogP contribution in [0.25, 0.3) is 0 Å². The molecule has 0 spiro atoms. The van der Waals surface area contributed by atoms with Gasteiger partial charge in [-0.3, -0.25) is 15.0 Å². The fourth-order valence-corrected chi connectivity index (χ4v) is 3.63. The van der Waals surface area contributed by atoms with Gasteiger partial charge in [0.2, 0.25) is 0 Å². The lowest BCUT2D eigenvalue weighted by Gasteiger charge is -2.31. The fourth-order valence-electron chi connectivity index (χ4n) is 3.63. The molecule has 1 heterocycles.